The molecule has 0 fully saturated rings. The van der Waals surface area contributed by atoms with Crippen LogP contribution >= 0.6 is 0 Å². The van der Waals surface area contributed by atoms with Crippen molar-refractivity contribution in [1.82, 2.24) is 5.32 Å². The summed E-state index contributed by atoms with van der Waals surface area (Å²) < 4.78 is 0.987. The topological polar surface area (TPSA) is 32.1 Å². The van der Waals surface area contributed by atoms with Crippen molar-refractivity contribution in [2.75, 3.05) is 6.67 Å². The van der Waals surface area contributed by atoms with E-state index in [1.807, 2.05) is 24.3 Å². The van der Waals surface area contributed by atoms with Gasteiger partial charge in [-0.15, -0.1) is 0 Å². The summed E-state index contributed by atoms with van der Waals surface area (Å²) in [4.78, 5) is 11.4. The smallest absolute Gasteiger partial charge is 0.248 e. The van der Waals surface area contributed by atoms with Gasteiger partial charge in [0.05, 0.1) is 10.3 Å². The van der Waals surface area contributed by atoms with Crippen LogP contribution in [0.15, 0.2) is 24.3 Å². The molecular formula is C10H13N2O+. The molecule has 3 heteroatoms. The van der Waals surface area contributed by atoms with Gasteiger partial charge in [0.2, 0.25) is 0 Å². The highest BCUT2D eigenvalue weighted by atomic mass is 16.3. The molecule has 0 radical (unpaired) electrons. The third-order valence-electron chi connectivity index (χ3n) is 2.51. The van der Waals surface area contributed by atoms with Crippen molar-refractivity contribution in [2.24, 2.45) is 0 Å². The molecule has 13 heavy (non-hydrogen) atoms. The molecule has 1 aromatic carbocycles. The highest BCUT2D eigenvalue weighted by Gasteiger charge is 2.35. The molecule has 1 aliphatic heterocycles. The minimum absolute atomic E-state index is 0.0997. The fourth-order valence-electron chi connectivity index (χ4n) is 1.67. The minimum atomic E-state index is -0.0997. The summed E-state index contributed by atoms with van der Waals surface area (Å²) >= 11 is 0. The Labute approximate surface area is 77.3 Å². The van der Waals surface area contributed by atoms with Crippen molar-refractivity contribution in [1.29, 1.82) is 0 Å². The summed E-state index contributed by atoms with van der Waals surface area (Å²) in [6, 6.07) is 7.71. The Morgan fingerprint density at radius 3 is 2.77 bits per heavy atom. The van der Waals surface area contributed by atoms with E-state index in [9.17, 15) is 4.91 Å². The van der Waals surface area contributed by atoms with E-state index in [1.54, 1.807) is 0 Å². The maximum absolute atomic E-state index is 11.4. The Kier molecular flexibility index (Phi) is 1.70. The molecule has 0 aromatic heterocycles. The summed E-state index contributed by atoms with van der Waals surface area (Å²) in [5.74, 6) is 0. The first-order valence-electron chi connectivity index (χ1n) is 4.40. The number of hydrogen-bond donors (Lipinski definition) is 1. The van der Waals surface area contributed by atoms with E-state index >= 15 is 0 Å². The van der Waals surface area contributed by atoms with E-state index in [2.05, 4.69) is 19.2 Å². The third-order valence-corrected chi connectivity index (χ3v) is 2.51. The van der Waals surface area contributed by atoms with Crippen LogP contribution in [0.4, 0.5) is 5.69 Å². The van der Waals surface area contributed by atoms with Gasteiger partial charge in [-0.05, 0) is 13.8 Å². The fourth-order valence-corrected chi connectivity index (χ4v) is 1.67. The van der Waals surface area contributed by atoms with Crippen LogP contribution in [0.1, 0.15) is 19.4 Å². The minimum Gasteiger partial charge on any atom is -0.248 e. The lowest BCUT2D eigenvalue weighted by atomic mass is 9.91. The number of benzene rings is 1. The van der Waals surface area contributed by atoms with Crippen molar-refractivity contribution >= 4 is 5.69 Å². The average molecular weight is 177 g/mol. The van der Waals surface area contributed by atoms with Crippen LogP contribution < -0.4 is 5.32 Å². The molecule has 0 aliphatic carbocycles. The maximum Gasteiger partial charge on any atom is 0.262 e. The zero-order chi connectivity index (χ0) is 9.47. The Balaban J connectivity index is 2.61. The Morgan fingerprint density at radius 1 is 1.38 bits per heavy atom. The van der Waals surface area contributed by atoms with Crippen LogP contribution in [0.25, 0.3) is 0 Å². The molecule has 0 unspecified atom stereocenters. The van der Waals surface area contributed by atoms with Gasteiger partial charge < -0.3 is 0 Å². The van der Waals surface area contributed by atoms with Gasteiger partial charge in [-0.1, -0.05) is 18.2 Å². The SMILES string of the molecule is CC1(C)NC[N+](=O)c2ccccc21. The van der Waals surface area contributed by atoms with E-state index < -0.39 is 0 Å². The van der Waals surface area contributed by atoms with Crippen LogP contribution in [-0.2, 0) is 5.54 Å². The Hall–Kier alpha value is -1.22. The zero-order valence-electron chi connectivity index (χ0n) is 7.87. The molecule has 0 saturated heterocycles. The van der Waals surface area contributed by atoms with Gasteiger partial charge in [0.25, 0.3) is 12.4 Å². The maximum atomic E-state index is 11.4. The van der Waals surface area contributed by atoms with E-state index in [4.69, 9.17) is 0 Å². The molecule has 1 aliphatic rings. The van der Waals surface area contributed by atoms with E-state index in [0.717, 1.165) is 16.0 Å². The number of nitrogens with zero attached hydrogens (tertiary/aromatic N) is 1. The van der Waals surface area contributed by atoms with Gasteiger partial charge >= 0.3 is 0 Å². The van der Waals surface area contributed by atoms with E-state index in [-0.39, 0.29) is 5.54 Å². The van der Waals surface area contributed by atoms with Gasteiger partial charge in [-0.2, -0.15) is 0 Å². The molecule has 68 valence electrons. The number of nitrogens with one attached hydrogen (secondary N) is 1. The molecule has 0 saturated carbocycles. The molecule has 0 spiro atoms. The molecule has 0 atom stereocenters. The van der Waals surface area contributed by atoms with Crippen LogP contribution in [-0.4, -0.2) is 11.4 Å². The monoisotopic (exact) mass is 177 g/mol. The van der Waals surface area contributed by atoms with E-state index in [0.29, 0.717) is 6.67 Å². The van der Waals surface area contributed by atoms with Gasteiger partial charge in [0.1, 0.15) is 0 Å². The van der Waals surface area contributed by atoms with Crippen molar-refractivity contribution in [3.8, 4) is 0 Å². The zero-order valence-corrected chi connectivity index (χ0v) is 7.87. The third kappa shape index (κ3) is 1.25. The second-order valence-electron chi connectivity index (χ2n) is 3.86. The summed E-state index contributed by atoms with van der Waals surface area (Å²) in [6.07, 6.45) is 0. The van der Waals surface area contributed by atoms with E-state index in [1.165, 1.54) is 0 Å². The Bertz CT molecular complexity index is 358. The second kappa shape index (κ2) is 2.64. The molecule has 1 N–H and O–H groups in total. The molecule has 0 bridgehead atoms. The molecule has 2 rings (SSSR count). The first-order chi connectivity index (χ1) is 6.11. The highest BCUT2D eigenvalue weighted by Crippen LogP contribution is 2.32. The number of hydrogen-bond acceptors (Lipinski definition) is 2. The lowest BCUT2D eigenvalue weighted by Gasteiger charge is -2.27. The van der Waals surface area contributed by atoms with Crippen molar-refractivity contribution in [3.63, 3.8) is 0 Å². The Morgan fingerprint density at radius 2 is 2.08 bits per heavy atom. The standard InChI is InChI=1S/C10H13N2O/c1-10(2)8-5-3-4-6-9(8)12(13)7-11-10/h3-6,11H,7H2,1-2H3/q+1. The normalized spacial score (nSPS) is 19.7. The summed E-state index contributed by atoms with van der Waals surface area (Å²) in [6.45, 7) is 4.53. The summed E-state index contributed by atoms with van der Waals surface area (Å²) in [7, 11) is 0. The van der Waals surface area contributed by atoms with Crippen LogP contribution in [0.3, 0.4) is 0 Å². The number of para-hydroxylation sites is 1. The predicted molar refractivity (Wildman–Crippen MR) is 50.8 cm³/mol. The quantitative estimate of drug-likeness (QED) is 0.614. The lowest BCUT2D eigenvalue weighted by molar-refractivity contribution is -0.478. The fraction of sp³-hybridized carbons (Fsp3) is 0.400. The first-order valence-corrected chi connectivity index (χ1v) is 4.40. The van der Waals surface area contributed by atoms with Crippen LogP contribution in [0.2, 0.25) is 0 Å². The first kappa shape index (κ1) is 8.38. The predicted octanol–water partition coefficient (Wildman–Crippen LogP) is 1.89. The molecular weight excluding hydrogens is 164 g/mol. The number of fused-ring (bicyclic) bond motifs is 1. The molecule has 0 amide bonds. The van der Waals surface area contributed by atoms with Gasteiger partial charge in [-0.3, -0.25) is 0 Å². The number of nitroso groups, excluding NO2 is 1. The number of rotatable bonds is 0. The van der Waals surface area contributed by atoms with Crippen LogP contribution in [0.5, 0.6) is 0 Å². The average Bonchev–Trinajstić information content (AvgIpc) is 2.13. The molecule has 3 nitrogen and oxygen atoms in total. The van der Waals surface area contributed by atoms with Gasteiger partial charge in [0.15, 0.2) is 0 Å². The molecule has 1 heterocycles. The summed E-state index contributed by atoms with van der Waals surface area (Å²) in [5, 5.41) is 3.18. The van der Waals surface area contributed by atoms with Crippen molar-refractivity contribution < 1.29 is 4.76 Å². The largest absolute Gasteiger partial charge is 0.262 e. The lowest BCUT2D eigenvalue weighted by Crippen LogP contribution is -2.44. The van der Waals surface area contributed by atoms with Gasteiger partial charge in [-0.25, -0.2) is 5.32 Å². The van der Waals surface area contributed by atoms with Crippen molar-refractivity contribution in [2.45, 2.75) is 19.4 Å². The second-order valence-corrected chi connectivity index (χ2v) is 3.86. The van der Waals surface area contributed by atoms with Gasteiger partial charge in [0, 0.05) is 16.5 Å². The van der Waals surface area contributed by atoms with Crippen LogP contribution in [0, 0.1) is 4.91 Å². The molecule has 1 aromatic rings. The van der Waals surface area contributed by atoms with Crippen molar-refractivity contribution in [3.05, 3.63) is 34.7 Å². The highest BCUT2D eigenvalue weighted by molar-refractivity contribution is 5.44. The summed E-state index contributed by atoms with van der Waals surface area (Å²) in [5.41, 5.74) is 1.75.